The first-order chi connectivity index (χ1) is 11.7. The van der Waals surface area contributed by atoms with E-state index in [0.717, 1.165) is 12.0 Å². The lowest BCUT2D eigenvalue weighted by atomic mass is 10.1. The molecule has 0 radical (unpaired) electrons. The van der Waals surface area contributed by atoms with Gasteiger partial charge in [0.25, 0.3) is 0 Å². The van der Waals surface area contributed by atoms with Gasteiger partial charge < -0.3 is 20.7 Å². The van der Waals surface area contributed by atoms with E-state index in [0.29, 0.717) is 31.2 Å². The van der Waals surface area contributed by atoms with Crippen LogP contribution in [0.15, 0.2) is 23.2 Å². The number of rotatable bonds is 6. The second kappa shape index (κ2) is 9.86. The second-order valence-electron chi connectivity index (χ2n) is 6.72. The Kier molecular flexibility index (Phi) is 8.18. The summed E-state index contributed by atoms with van der Waals surface area (Å²) in [5, 5.41) is 9.03. The Hall–Kier alpha value is -2.31. The van der Waals surface area contributed by atoms with Crippen molar-refractivity contribution < 1.29 is 13.9 Å². The van der Waals surface area contributed by atoms with Crippen LogP contribution in [0, 0.1) is 12.7 Å². The quantitative estimate of drug-likeness (QED) is 0.418. The molecule has 6 nitrogen and oxygen atoms in total. The van der Waals surface area contributed by atoms with Gasteiger partial charge in [0.05, 0.1) is 0 Å². The number of alkyl carbamates (subject to hydrolysis) is 1. The highest BCUT2D eigenvalue weighted by molar-refractivity contribution is 5.79. The van der Waals surface area contributed by atoms with E-state index in [9.17, 15) is 9.18 Å². The van der Waals surface area contributed by atoms with Crippen LogP contribution >= 0.6 is 0 Å². The molecule has 0 saturated carbocycles. The van der Waals surface area contributed by atoms with Crippen molar-refractivity contribution in [2.45, 2.75) is 46.3 Å². The van der Waals surface area contributed by atoms with Gasteiger partial charge in [-0.1, -0.05) is 12.1 Å². The highest BCUT2D eigenvalue weighted by atomic mass is 19.1. The number of amides is 1. The molecule has 0 fully saturated rings. The van der Waals surface area contributed by atoms with Crippen molar-refractivity contribution in [1.29, 1.82) is 0 Å². The van der Waals surface area contributed by atoms with Crippen molar-refractivity contribution in [3.63, 3.8) is 0 Å². The number of carbonyl (C=O) groups is 1. The number of ether oxygens (including phenoxy) is 1. The molecule has 1 amide bonds. The molecule has 1 rings (SSSR count). The van der Waals surface area contributed by atoms with Gasteiger partial charge in [0.2, 0.25) is 0 Å². The first-order valence-electron chi connectivity index (χ1n) is 8.37. The molecular weight excluding hydrogens is 323 g/mol. The van der Waals surface area contributed by atoms with Gasteiger partial charge in [-0.15, -0.1) is 0 Å². The molecule has 0 heterocycles. The Morgan fingerprint density at radius 2 is 1.88 bits per heavy atom. The lowest BCUT2D eigenvalue weighted by Crippen LogP contribution is -2.39. The van der Waals surface area contributed by atoms with Gasteiger partial charge in [-0.25, -0.2) is 9.18 Å². The molecule has 0 bridgehead atoms. The topological polar surface area (TPSA) is 74.8 Å². The number of halogens is 1. The van der Waals surface area contributed by atoms with E-state index in [-0.39, 0.29) is 5.82 Å². The minimum Gasteiger partial charge on any atom is -0.444 e. The Morgan fingerprint density at radius 1 is 1.20 bits per heavy atom. The number of hydrogen-bond donors (Lipinski definition) is 3. The van der Waals surface area contributed by atoms with Crippen molar-refractivity contribution in [2.24, 2.45) is 4.99 Å². The molecule has 0 aliphatic carbocycles. The third kappa shape index (κ3) is 8.93. The summed E-state index contributed by atoms with van der Waals surface area (Å²) in [6, 6.07) is 5.01. The molecule has 0 aliphatic rings. The predicted octanol–water partition coefficient (Wildman–Crippen LogP) is 2.71. The summed E-state index contributed by atoms with van der Waals surface area (Å²) in [4.78, 5) is 15.6. The maximum atomic E-state index is 13.3. The molecule has 1 aromatic rings. The van der Waals surface area contributed by atoms with Gasteiger partial charge in [-0.2, -0.15) is 0 Å². The third-order valence-corrected chi connectivity index (χ3v) is 3.22. The molecular formula is C18H29FN4O2. The normalized spacial score (nSPS) is 11.8. The Balaban J connectivity index is 2.24. The SMILES string of the molecule is CN=C(NCCCNC(=O)OC(C)(C)C)NCc1ccc(F)c(C)c1. The van der Waals surface area contributed by atoms with E-state index in [2.05, 4.69) is 20.9 Å². The zero-order chi connectivity index (χ0) is 18.9. The van der Waals surface area contributed by atoms with Crippen LogP contribution in [0.1, 0.15) is 38.3 Å². The minimum atomic E-state index is -0.493. The van der Waals surface area contributed by atoms with Crippen LogP contribution in [0.5, 0.6) is 0 Å². The molecule has 0 aromatic heterocycles. The summed E-state index contributed by atoms with van der Waals surface area (Å²) < 4.78 is 18.4. The molecule has 7 heteroatoms. The summed E-state index contributed by atoms with van der Waals surface area (Å²) in [6.45, 7) is 8.93. The van der Waals surface area contributed by atoms with Crippen molar-refractivity contribution in [1.82, 2.24) is 16.0 Å². The van der Waals surface area contributed by atoms with Gasteiger partial charge in [-0.3, -0.25) is 4.99 Å². The van der Waals surface area contributed by atoms with Crippen LogP contribution in [0.2, 0.25) is 0 Å². The number of hydrogen-bond acceptors (Lipinski definition) is 3. The van der Waals surface area contributed by atoms with Gasteiger partial charge in [0, 0.05) is 26.7 Å². The molecule has 0 spiro atoms. The summed E-state index contributed by atoms with van der Waals surface area (Å²) in [6.07, 6.45) is 0.317. The van der Waals surface area contributed by atoms with E-state index in [4.69, 9.17) is 4.74 Å². The minimum absolute atomic E-state index is 0.205. The van der Waals surface area contributed by atoms with Crippen LogP contribution in [0.3, 0.4) is 0 Å². The summed E-state index contributed by atoms with van der Waals surface area (Å²) >= 11 is 0. The van der Waals surface area contributed by atoms with Crippen LogP contribution in [-0.2, 0) is 11.3 Å². The molecule has 3 N–H and O–H groups in total. The fourth-order valence-corrected chi connectivity index (χ4v) is 2.02. The number of benzene rings is 1. The van der Waals surface area contributed by atoms with Gasteiger partial charge in [-0.05, 0) is 51.3 Å². The van der Waals surface area contributed by atoms with Crippen LogP contribution in [0.4, 0.5) is 9.18 Å². The van der Waals surface area contributed by atoms with Crippen molar-refractivity contribution in [3.05, 3.63) is 35.1 Å². The predicted molar refractivity (Wildman–Crippen MR) is 98.2 cm³/mol. The fourth-order valence-electron chi connectivity index (χ4n) is 2.02. The summed E-state index contributed by atoms with van der Waals surface area (Å²) in [5.74, 6) is 0.447. The highest BCUT2D eigenvalue weighted by Crippen LogP contribution is 2.09. The number of nitrogens with zero attached hydrogens (tertiary/aromatic N) is 1. The molecule has 0 atom stereocenters. The number of aryl methyl sites for hydroxylation is 1. The lowest BCUT2D eigenvalue weighted by Gasteiger charge is -2.19. The Morgan fingerprint density at radius 3 is 2.48 bits per heavy atom. The molecule has 0 aliphatic heterocycles. The Labute approximate surface area is 149 Å². The molecule has 0 unspecified atom stereocenters. The van der Waals surface area contributed by atoms with Gasteiger partial charge >= 0.3 is 6.09 Å². The number of aliphatic imine (C=N–C) groups is 1. The standard InChI is InChI=1S/C18H29FN4O2/c1-13-11-14(7-8-15(13)19)12-23-16(20-5)21-9-6-10-22-17(24)25-18(2,3)4/h7-8,11H,6,9-10,12H2,1-5H3,(H,22,24)(H2,20,21,23). The fraction of sp³-hybridized carbons (Fsp3) is 0.556. The largest absolute Gasteiger partial charge is 0.444 e. The summed E-state index contributed by atoms with van der Waals surface area (Å²) in [7, 11) is 1.68. The first-order valence-corrected chi connectivity index (χ1v) is 8.37. The maximum Gasteiger partial charge on any atom is 0.407 e. The number of carbonyl (C=O) groups excluding carboxylic acids is 1. The monoisotopic (exact) mass is 352 g/mol. The van der Waals surface area contributed by atoms with Crippen LogP contribution in [0.25, 0.3) is 0 Å². The van der Waals surface area contributed by atoms with Gasteiger partial charge in [0.1, 0.15) is 11.4 Å². The van der Waals surface area contributed by atoms with Crippen LogP contribution in [-0.4, -0.2) is 37.8 Å². The van der Waals surface area contributed by atoms with E-state index < -0.39 is 11.7 Å². The summed E-state index contributed by atoms with van der Waals surface area (Å²) in [5.41, 5.74) is 1.11. The molecule has 1 aromatic carbocycles. The van der Waals surface area contributed by atoms with E-state index in [1.165, 1.54) is 6.07 Å². The molecule has 140 valence electrons. The molecule has 25 heavy (non-hydrogen) atoms. The maximum absolute atomic E-state index is 13.3. The number of nitrogens with one attached hydrogen (secondary N) is 3. The third-order valence-electron chi connectivity index (χ3n) is 3.22. The zero-order valence-corrected chi connectivity index (χ0v) is 15.7. The van der Waals surface area contributed by atoms with Crippen LogP contribution < -0.4 is 16.0 Å². The van der Waals surface area contributed by atoms with Gasteiger partial charge in [0.15, 0.2) is 5.96 Å². The first kappa shape index (κ1) is 20.7. The van der Waals surface area contributed by atoms with Crippen molar-refractivity contribution in [2.75, 3.05) is 20.1 Å². The smallest absolute Gasteiger partial charge is 0.407 e. The van der Waals surface area contributed by atoms with E-state index in [1.807, 2.05) is 20.8 Å². The Bertz CT molecular complexity index is 597. The average molecular weight is 352 g/mol. The lowest BCUT2D eigenvalue weighted by molar-refractivity contribution is 0.0527. The highest BCUT2D eigenvalue weighted by Gasteiger charge is 2.15. The van der Waals surface area contributed by atoms with E-state index >= 15 is 0 Å². The van der Waals surface area contributed by atoms with E-state index in [1.54, 1.807) is 26.1 Å². The molecule has 0 saturated heterocycles. The number of guanidine groups is 1. The second-order valence-corrected chi connectivity index (χ2v) is 6.72. The average Bonchev–Trinajstić information content (AvgIpc) is 2.51. The van der Waals surface area contributed by atoms with Crippen molar-refractivity contribution >= 4 is 12.1 Å². The zero-order valence-electron chi connectivity index (χ0n) is 15.7. The van der Waals surface area contributed by atoms with Crippen molar-refractivity contribution in [3.8, 4) is 0 Å².